The van der Waals surface area contributed by atoms with E-state index in [9.17, 15) is 4.79 Å². The summed E-state index contributed by atoms with van der Waals surface area (Å²) in [5, 5.41) is 6.40. The van der Waals surface area contributed by atoms with E-state index in [1.54, 1.807) is 43.6 Å². The van der Waals surface area contributed by atoms with Gasteiger partial charge in [-0.15, -0.1) is 0 Å². The highest BCUT2D eigenvalue weighted by atomic mass is 35.5. The van der Waals surface area contributed by atoms with Crippen LogP contribution in [0.15, 0.2) is 60.8 Å². The van der Waals surface area contributed by atoms with Crippen molar-refractivity contribution in [2.24, 2.45) is 0 Å². The maximum atomic E-state index is 12.3. The molecule has 0 fully saturated rings. The van der Waals surface area contributed by atoms with Crippen molar-refractivity contribution in [1.29, 1.82) is 0 Å². The van der Waals surface area contributed by atoms with Gasteiger partial charge in [-0.1, -0.05) is 29.8 Å². The third-order valence-corrected chi connectivity index (χ3v) is 4.09. The van der Waals surface area contributed by atoms with Crippen LogP contribution in [-0.4, -0.2) is 18.0 Å². The summed E-state index contributed by atoms with van der Waals surface area (Å²) in [6.45, 7) is 2.01. The lowest BCUT2D eigenvalue weighted by atomic mass is 10.2. The Kier molecular flexibility index (Phi) is 5.39. The van der Waals surface area contributed by atoms with E-state index >= 15 is 0 Å². The molecule has 1 aromatic heterocycles. The lowest BCUT2D eigenvalue weighted by molar-refractivity contribution is 0.102. The molecule has 0 saturated heterocycles. The zero-order chi connectivity index (χ0) is 18.5. The number of hydrogen-bond donors (Lipinski definition) is 2. The van der Waals surface area contributed by atoms with Gasteiger partial charge in [0.2, 0.25) is 0 Å². The van der Waals surface area contributed by atoms with Gasteiger partial charge in [-0.25, -0.2) is 4.98 Å². The molecule has 3 aromatic rings. The van der Waals surface area contributed by atoms with E-state index in [-0.39, 0.29) is 5.91 Å². The van der Waals surface area contributed by atoms with E-state index in [0.29, 0.717) is 16.4 Å². The monoisotopic (exact) mass is 367 g/mol. The molecule has 0 radical (unpaired) electrons. The van der Waals surface area contributed by atoms with Crippen LogP contribution in [0, 0.1) is 6.92 Å². The van der Waals surface area contributed by atoms with E-state index in [0.717, 1.165) is 22.7 Å². The number of benzene rings is 2. The lowest BCUT2D eigenvalue weighted by Gasteiger charge is -2.12. The number of aromatic nitrogens is 1. The Balaban J connectivity index is 1.72. The molecule has 0 aliphatic rings. The molecule has 26 heavy (non-hydrogen) atoms. The highest BCUT2D eigenvalue weighted by molar-refractivity contribution is 6.34. The zero-order valence-electron chi connectivity index (χ0n) is 14.4. The number of carbonyl (C=O) groups excluding carboxylic acids is 1. The predicted octanol–water partition coefficient (Wildman–Crippen LogP) is 5.05. The summed E-state index contributed by atoms with van der Waals surface area (Å²) in [7, 11) is 1.63. The third kappa shape index (κ3) is 4.13. The molecule has 3 rings (SSSR count). The molecule has 0 aliphatic heterocycles. The van der Waals surface area contributed by atoms with Gasteiger partial charge in [0.05, 0.1) is 35.3 Å². The van der Waals surface area contributed by atoms with Crippen LogP contribution in [0.2, 0.25) is 5.02 Å². The van der Waals surface area contributed by atoms with E-state index in [1.165, 1.54) is 0 Å². The number of methoxy groups -OCH3 is 1. The molecule has 2 aromatic carbocycles. The van der Waals surface area contributed by atoms with Gasteiger partial charge in [0.1, 0.15) is 11.6 Å². The van der Waals surface area contributed by atoms with Crippen molar-refractivity contribution in [1.82, 2.24) is 4.98 Å². The maximum absolute atomic E-state index is 12.3. The smallest absolute Gasteiger partial charge is 0.258 e. The van der Waals surface area contributed by atoms with E-state index in [1.807, 2.05) is 31.2 Å². The first-order chi connectivity index (χ1) is 12.6. The van der Waals surface area contributed by atoms with Crippen molar-refractivity contribution < 1.29 is 9.53 Å². The minimum atomic E-state index is -0.302. The number of nitrogens with one attached hydrogen (secondary N) is 2. The number of carbonyl (C=O) groups is 1. The van der Waals surface area contributed by atoms with Crippen molar-refractivity contribution in [3.8, 4) is 5.75 Å². The van der Waals surface area contributed by atoms with Gasteiger partial charge in [0.15, 0.2) is 0 Å². The summed E-state index contributed by atoms with van der Waals surface area (Å²) >= 11 is 6.04. The second kappa shape index (κ2) is 7.89. The van der Waals surface area contributed by atoms with Crippen molar-refractivity contribution in [2.75, 3.05) is 17.7 Å². The molecule has 132 valence electrons. The van der Waals surface area contributed by atoms with Crippen molar-refractivity contribution >= 4 is 34.7 Å². The normalized spacial score (nSPS) is 10.3. The molecule has 1 heterocycles. The van der Waals surface area contributed by atoms with Gasteiger partial charge in [-0.3, -0.25) is 4.79 Å². The summed E-state index contributed by atoms with van der Waals surface area (Å²) in [6, 6.07) is 16.3. The van der Waals surface area contributed by atoms with Crippen LogP contribution in [0.1, 0.15) is 15.9 Å². The molecule has 0 unspecified atom stereocenters. The van der Waals surface area contributed by atoms with Crippen LogP contribution in [-0.2, 0) is 0 Å². The van der Waals surface area contributed by atoms with Crippen LogP contribution < -0.4 is 15.4 Å². The molecule has 0 aliphatic carbocycles. The number of pyridine rings is 1. The van der Waals surface area contributed by atoms with Crippen LogP contribution in [0.4, 0.5) is 17.2 Å². The predicted molar refractivity (Wildman–Crippen MR) is 105 cm³/mol. The second-order valence-corrected chi connectivity index (χ2v) is 6.10. The largest absolute Gasteiger partial charge is 0.495 e. The zero-order valence-corrected chi connectivity index (χ0v) is 15.2. The fraction of sp³-hybridized carbons (Fsp3) is 0.100. The fourth-order valence-electron chi connectivity index (χ4n) is 2.45. The van der Waals surface area contributed by atoms with Crippen LogP contribution in [0.3, 0.4) is 0 Å². The van der Waals surface area contributed by atoms with Gasteiger partial charge in [-0.2, -0.15) is 0 Å². The summed E-state index contributed by atoms with van der Waals surface area (Å²) in [4.78, 5) is 16.5. The van der Waals surface area contributed by atoms with Gasteiger partial charge in [0.25, 0.3) is 5.91 Å². The first-order valence-corrected chi connectivity index (χ1v) is 8.38. The number of rotatable bonds is 5. The van der Waals surface area contributed by atoms with E-state index < -0.39 is 0 Å². The van der Waals surface area contributed by atoms with Crippen LogP contribution in [0.25, 0.3) is 0 Å². The summed E-state index contributed by atoms with van der Waals surface area (Å²) < 4.78 is 5.36. The minimum absolute atomic E-state index is 0.302. The van der Waals surface area contributed by atoms with Crippen LogP contribution >= 0.6 is 11.6 Å². The molecule has 6 heteroatoms. The average molecular weight is 368 g/mol. The quantitative estimate of drug-likeness (QED) is 0.662. The number of hydrogen-bond acceptors (Lipinski definition) is 4. The average Bonchev–Trinajstić information content (AvgIpc) is 2.64. The van der Waals surface area contributed by atoms with Crippen LogP contribution in [0.5, 0.6) is 5.75 Å². The lowest BCUT2D eigenvalue weighted by Crippen LogP contribution is -2.13. The summed E-state index contributed by atoms with van der Waals surface area (Å²) in [5.41, 5.74) is 3.15. The Morgan fingerprint density at radius 1 is 1.12 bits per heavy atom. The van der Waals surface area contributed by atoms with Gasteiger partial charge >= 0.3 is 0 Å². The molecular formula is C20H18ClN3O2. The van der Waals surface area contributed by atoms with E-state index in [4.69, 9.17) is 16.3 Å². The topological polar surface area (TPSA) is 63.2 Å². The minimum Gasteiger partial charge on any atom is -0.495 e. The Labute approximate surface area is 157 Å². The number of halogens is 1. The fourth-order valence-corrected chi connectivity index (χ4v) is 2.67. The SMILES string of the molecule is COc1ccc(C)cc1Nc1ccc(NC(=O)c2ccccc2Cl)nc1. The molecule has 0 saturated carbocycles. The number of amides is 1. The highest BCUT2D eigenvalue weighted by Gasteiger charge is 2.10. The second-order valence-electron chi connectivity index (χ2n) is 5.69. The Morgan fingerprint density at radius 2 is 1.92 bits per heavy atom. The number of aryl methyl sites for hydroxylation is 1. The number of nitrogens with zero attached hydrogens (tertiary/aromatic N) is 1. The molecule has 0 atom stereocenters. The van der Waals surface area contributed by atoms with Crippen molar-refractivity contribution in [3.05, 3.63) is 76.9 Å². The Morgan fingerprint density at radius 3 is 2.62 bits per heavy atom. The summed E-state index contributed by atoms with van der Waals surface area (Å²) in [6.07, 6.45) is 1.64. The molecule has 5 nitrogen and oxygen atoms in total. The van der Waals surface area contributed by atoms with E-state index in [2.05, 4.69) is 15.6 Å². The molecule has 1 amide bonds. The molecule has 2 N–H and O–H groups in total. The third-order valence-electron chi connectivity index (χ3n) is 3.76. The molecule has 0 spiro atoms. The standard InChI is InChI=1S/C20H18ClN3O2/c1-13-7-9-18(26-2)17(11-13)23-14-8-10-19(22-12-14)24-20(25)15-5-3-4-6-16(15)21/h3-12,23H,1-2H3,(H,22,24,25). The summed E-state index contributed by atoms with van der Waals surface area (Å²) in [5.74, 6) is 0.882. The first-order valence-electron chi connectivity index (χ1n) is 8.00. The van der Waals surface area contributed by atoms with Gasteiger partial charge in [0, 0.05) is 0 Å². The van der Waals surface area contributed by atoms with Gasteiger partial charge < -0.3 is 15.4 Å². The molecular weight excluding hydrogens is 350 g/mol. The highest BCUT2D eigenvalue weighted by Crippen LogP contribution is 2.28. The number of ether oxygens (including phenoxy) is 1. The Hall–Kier alpha value is -3.05. The Bertz CT molecular complexity index is 927. The van der Waals surface area contributed by atoms with Gasteiger partial charge in [-0.05, 0) is 48.9 Å². The van der Waals surface area contributed by atoms with Crippen molar-refractivity contribution in [2.45, 2.75) is 6.92 Å². The number of anilines is 3. The first kappa shape index (κ1) is 17.8. The maximum Gasteiger partial charge on any atom is 0.258 e. The molecule has 0 bridgehead atoms. The van der Waals surface area contributed by atoms with Crippen molar-refractivity contribution in [3.63, 3.8) is 0 Å².